The molecule has 0 unspecified atom stereocenters. The SMILES string of the molecule is O=C(O)[C@H]1C[C@H]1C(=O)Nc1cccc(Cl)n1. The number of nitrogens with zero attached hydrogens (tertiary/aromatic N) is 1. The molecule has 0 bridgehead atoms. The van der Waals surface area contributed by atoms with E-state index in [2.05, 4.69) is 10.3 Å². The lowest BCUT2D eigenvalue weighted by atomic mass is 10.3. The highest BCUT2D eigenvalue weighted by molar-refractivity contribution is 6.29. The summed E-state index contributed by atoms with van der Waals surface area (Å²) in [7, 11) is 0. The Labute approximate surface area is 96.4 Å². The van der Waals surface area contributed by atoms with E-state index in [9.17, 15) is 9.59 Å². The molecular weight excluding hydrogens is 232 g/mol. The number of aromatic nitrogens is 1. The molecule has 0 radical (unpaired) electrons. The van der Waals surface area contributed by atoms with Crippen molar-refractivity contribution in [2.75, 3.05) is 5.32 Å². The van der Waals surface area contributed by atoms with Crippen LogP contribution in [0.5, 0.6) is 0 Å². The molecule has 0 aromatic carbocycles. The lowest BCUT2D eigenvalue weighted by molar-refractivity contribution is -0.139. The third-order valence-corrected chi connectivity index (χ3v) is 2.62. The van der Waals surface area contributed by atoms with Gasteiger partial charge >= 0.3 is 5.97 Å². The predicted octanol–water partition coefficient (Wildman–Crippen LogP) is 1.39. The van der Waals surface area contributed by atoms with Crippen molar-refractivity contribution in [3.63, 3.8) is 0 Å². The van der Waals surface area contributed by atoms with E-state index in [1.807, 2.05) is 0 Å². The minimum Gasteiger partial charge on any atom is -0.481 e. The maximum atomic E-state index is 11.5. The Bertz CT molecular complexity index is 449. The van der Waals surface area contributed by atoms with Crippen LogP contribution in [-0.2, 0) is 9.59 Å². The summed E-state index contributed by atoms with van der Waals surface area (Å²) in [4.78, 5) is 26.0. The number of anilines is 1. The zero-order chi connectivity index (χ0) is 11.7. The fourth-order valence-corrected chi connectivity index (χ4v) is 1.62. The summed E-state index contributed by atoms with van der Waals surface area (Å²) in [5.41, 5.74) is 0. The third-order valence-electron chi connectivity index (χ3n) is 2.41. The fraction of sp³-hybridized carbons (Fsp3) is 0.300. The number of aliphatic carboxylic acids is 1. The van der Waals surface area contributed by atoms with Crippen molar-refractivity contribution in [2.24, 2.45) is 11.8 Å². The standard InChI is InChI=1S/C10H9ClN2O3/c11-7-2-1-3-8(12-7)13-9(14)5-4-6(5)10(15)16/h1-3,5-6H,4H2,(H,15,16)(H,12,13,14)/t5-,6+/m1/s1. The summed E-state index contributed by atoms with van der Waals surface area (Å²) in [6, 6.07) is 4.85. The van der Waals surface area contributed by atoms with E-state index in [0.717, 1.165) is 0 Å². The molecule has 0 spiro atoms. The number of carbonyl (C=O) groups is 2. The number of carboxylic acid groups (broad SMARTS) is 1. The van der Waals surface area contributed by atoms with E-state index in [1.165, 1.54) is 0 Å². The molecule has 1 saturated carbocycles. The first-order valence-corrected chi connectivity index (χ1v) is 5.12. The van der Waals surface area contributed by atoms with Crippen LogP contribution in [0.2, 0.25) is 5.15 Å². The Morgan fingerprint density at radius 3 is 2.75 bits per heavy atom. The van der Waals surface area contributed by atoms with Gasteiger partial charge in [0.25, 0.3) is 0 Å². The largest absolute Gasteiger partial charge is 0.481 e. The molecule has 0 saturated heterocycles. The minimum atomic E-state index is -0.931. The Morgan fingerprint density at radius 2 is 2.19 bits per heavy atom. The molecule has 2 N–H and O–H groups in total. The van der Waals surface area contributed by atoms with Crippen LogP contribution in [-0.4, -0.2) is 22.0 Å². The molecule has 1 amide bonds. The van der Waals surface area contributed by atoms with E-state index < -0.39 is 17.8 Å². The quantitative estimate of drug-likeness (QED) is 0.783. The molecule has 1 heterocycles. The molecule has 5 nitrogen and oxygen atoms in total. The van der Waals surface area contributed by atoms with Gasteiger partial charge in [-0.25, -0.2) is 4.98 Å². The van der Waals surface area contributed by atoms with Crippen molar-refractivity contribution < 1.29 is 14.7 Å². The van der Waals surface area contributed by atoms with E-state index in [4.69, 9.17) is 16.7 Å². The number of hydrogen-bond acceptors (Lipinski definition) is 3. The molecule has 2 rings (SSSR count). The summed E-state index contributed by atoms with van der Waals surface area (Å²) in [5.74, 6) is -1.91. The molecule has 2 atom stereocenters. The second-order valence-electron chi connectivity index (χ2n) is 3.62. The molecule has 16 heavy (non-hydrogen) atoms. The van der Waals surface area contributed by atoms with Crippen molar-refractivity contribution in [1.82, 2.24) is 4.98 Å². The number of rotatable bonds is 3. The lowest BCUT2D eigenvalue weighted by Crippen LogP contribution is -2.17. The molecule has 1 fully saturated rings. The number of nitrogens with one attached hydrogen (secondary N) is 1. The Balaban J connectivity index is 1.96. The minimum absolute atomic E-state index is 0.281. The number of carbonyl (C=O) groups excluding carboxylic acids is 1. The Morgan fingerprint density at radius 1 is 1.44 bits per heavy atom. The second-order valence-corrected chi connectivity index (χ2v) is 4.01. The molecular formula is C10H9ClN2O3. The Hall–Kier alpha value is -1.62. The predicted molar refractivity (Wildman–Crippen MR) is 57.1 cm³/mol. The van der Waals surface area contributed by atoms with Gasteiger partial charge in [0, 0.05) is 0 Å². The zero-order valence-electron chi connectivity index (χ0n) is 8.18. The van der Waals surface area contributed by atoms with Crippen molar-refractivity contribution in [3.8, 4) is 0 Å². The monoisotopic (exact) mass is 240 g/mol. The topological polar surface area (TPSA) is 79.3 Å². The maximum Gasteiger partial charge on any atom is 0.307 e. The van der Waals surface area contributed by atoms with Crippen LogP contribution in [0, 0.1) is 11.8 Å². The van der Waals surface area contributed by atoms with Crippen molar-refractivity contribution in [2.45, 2.75) is 6.42 Å². The fourth-order valence-electron chi connectivity index (χ4n) is 1.45. The zero-order valence-corrected chi connectivity index (χ0v) is 8.94. The summed E-state index contributed by atoms with van der Waals surface area (Å²) in [6.07, 6.45) is 0.391. The normalized spacial score (nSPS) is 22.6. The average molecular weight is 241 g/mol. The van der Waals surface area contributed by atoms with E-state index in [1.54, 1.807) is 18.2 Å². The van der Waals surface area contributed by atoms with Crippen molar-refractivity contribution in [3.05, 3.63) is 23.4 Å². The van der Waals surface area contributed by atoms with Gasteiger partial charge in [-0.1, -0.05) is 17.7 Å². The smallest absolute Gasteiger partial charge is 0.307 e. The second kappa shape index (κ2) is 4.09. The van der Waals surface area contributed by atoms with Crippen molar-refractivity contribution >= 4 is 29.3 Å². The van der Waals surface area contributed by atoms with Gasteiger partial charge < -0.3 is 10.4 Å². The van der Waals surface area contributed by atoms with Crippen LogP contribution in [0.3, 0.4) is 0 Å². The van der Waals surface area contributed by atoms with E-state index in [0.29, 0.717) is 12.2 Å². The van der Waals surface area contributed by atoms with Gasteiger partial charge in [-0.3, -0.25) is 9.59 Å². The van der Waals surface area contributed by atoms with Gasteiger partial charge in [0.05, 0.1) is 11.8 Å². The summed E-state index contributed by atoms with van der Waals surface area (Å²) in [5, 5.41) is 11.5. The van der Waals surface area contributed by atoms with Crippen LogP contribution in [0.15, 0.2) is 18.2 Å². The van der Waals surface area contributed by atoms with Crippen LogP contribution in [0.25, 0.3) is 0 Å². The van der Waals surface area contributed by atoms with Gasteiger partial charge in [-0.05, 0) is 18.6 Å². The summed E-state index contributed by atoms with van der Waals surface area (Å²) in [6.45, 7) is 0. The first-order valence-electron chi connectivity index (χ1n) is 4.74. The Kier molecular flexibility index (Phi) is 2.78. The lowest BCUT2D eigenvalue weighted by Gasteiger charge is -2.02. The van der Waals surface area contributed by atoms with Crippen LogP contribution < -0.4 is 5.32 Å². The molecule has 84 valence electrons. The van der Waals surface area contributed by atoms with E-state index >= 15 is 0 Å². The van der Waals surface area contributed by atoms with Gasteiger partial charge in [-0.2, -0.15) is 0 Å². The summed E-state index contributed by atoms with van der Waals surface area (Å²) >= 11 is 5.65. The molecule has 0 aliphatic heterocycles. The molecule has 1 aliphatic carbocycles. The molecule has 1 aliphatic rings. The van der Waals surface area contributed by atoms with E-state index in [-0.39, 0.29) is 11.1 Å². The first kappa shape index (κ1) is 10.9. The highest BCUT2D eigenvalue weighted by Gasteiger charge is 2.48. The summed E-state index contributed by atoms with van der Waals surface area (Å²) < 4.78 is 0. The molecule has 6 heteroatoms. The van der Waals surface area contributed by atoms with Gasteiger partial charge in [0.2, 0.25) is 5.91 Å². The van der Waals surface area contributed by atoms with Crippen molar-refractivity contribution in [1.29, 1.82) is 0 Å². The number of amides is 1. The highest BCUT2D eigenvalue weighted by atomic mass is 35.5. The first-order chi connectivity index (χ1) is 7.58. The van der Waals surface area contributed by atoms with Crippen LogP contribution >= 0.6 is 11.6 Å². The van der Waals surface area contributed by atoms with Crippen LogP contribution in [0.1, 0.15) is 6.42 Å². The molecule has 1 aromatic heterocycles. The maximum absolute atomic E-state index is 11.5. The number of carboxylic acids is 1. The van der Waals surface area contributed by atoms with Gasteiger partial charge in [0.15, 0.2) is 0 Å². The number of hydrogen-bond donors (Lipinski definition) is 2. The number of halogens is 1. The van der Waals surface area contributed by atoms with Gasteiger partial charge in [0.1, 0.15) is 11.0 Å². The third kappa shape index (κ3) is 2.30. The van der Waals surface area contributed by atoms with Crippen LogP contribution in [0.4, 0.5) is 5.82 Å². The molecule has 1 aromatic rings. The number of pyridine rings is 1. The highest BCUT2D eigenvalue weighted by Crippen LogP contribution is 2.39. The van der Waals surface area contributed by atoms with Gasteiger partial charge in [-0.15, -0.1) is 0 Å². The average Bonchev–Trinajstić information content (AvgIpc) is 2.96.